The smallest absolute Gasteiger partial charge is 0.370 e. The van der Waals surface area contributed by atoms with E-state index in [4.69, 9.17) is 0 Å². The van der Waals surface area contributed by atoms with E-state index in [-0.39, 0.29) is 0 Å². The molecular weight excluding hydrogens is 247 g/mol. The Kier molecular flexibility index (Phi) is 3.45. The zero-order valence-corrected chi connectivity index (χ0v) is 9.20. The maximum atomic E-state index is 12.3. The number of hydrogen-bond acceptors (Lipinski definition) is 4. The van der Waals surface area contributed by atoms with E-state index in [1.54, 1.807) is 0 Å². The zero-order chi connectivity index (χ0) is 13.0. The first kappa shape index (κ1) is 12.3. The summed E-state index contributed by atoms with van der Waals surface area (Å²) in [5, 5.41) is 9.26. The predicted molar refractivity (Wildman–Crippen MR) is 57.8 cm³/mol. The number of pyridine rings is 1. The van der Waals surface area contributed by atoms with Crippen LogP contribution in [-0.2, 0) is 12.6 Å². The van der Waals surface area contributed by atoms with Crippen LogP contribution in [0.3, 0.4) is 0 Å². The second kappa shape index (κ2) is 5.03. The largest absolute Gasteiger partial charge is 0.417 e. The molecule has 0 saturated carbocycles. The number of nitrogens with zero attached hydrogens (tertiary/aromatic N) is 3. The van der Waals surface area contributed by atoms with E-state index in [0.717, 1.165) is 12.3 Å². The molecule has 0 radical (unpaired) electrons. The number of rotatable bonds is 4. The Hall–Kier alpha value is -2.12. The number of halogens is 3. The monoisotopic (exact) mass is 257 g/mol. The number of anilines is 1. The molecule has 0 aliphatic heterocycles. The maximum absolute atomic E-state index is 12.3. The summed E-state index contributed by atoms with van der Waals surface area (Å²) >= 11 is 0. The molecule has 0 aliphatic carbocycles. The van der Waals surface area contributed by atoms with Crippen molar-refractivity contribution in [1.29, 1.82) is 0 Å². The molecule has 0 spiro atoms. The zero-order valence-electron chi connectivity index (χ0n) is 9.20. The van der Waals surface area contributed by atoms with Gasteiger partial charge in [-0.05, 0) is 12.1 Å². The number of aromatic nitrogens is 4. The van der Waals surface area contributed by atoms with E-state index in [1.807, 2.05) is 0 Å². The van der Waals surface area contributed by atoms with Crippen LogP contribution in [0.15, 0.2) is 24.7 Å². The number of hydrogen-bond donors (Lipinski definition) is 2. The molecule has 0 fully saturated rings. The quantitative estimate of drug-likeness (QED) is 0.877. The summed E-state index contributed by atoms with van der Waals surface area (Å²) in [6, 6.07) is 2.28. The molecule has 0 aliphatic rings. The molecule has 2 aromatic heterocycles. The summed E-state index contributed by atoms with van der Waals surface area (Å²) in [5.41, 5.74) is -0.761. The Morgan fingerprint density at radius 3 is 2.61 bits per heavy atom. The molecule has 0 bridgehead atoms. The fourth-order valence-electron chi connectivity index (χ4n) is 1.33. The minimum absolute atomic E-state index is 0.391. The first-order chi connectivity index (χ1) is 8.55. The fourth-order valence-corrected chi connectivity index (χ4v) is 1.33. The van der Waals surface area contributed by atoms with Gasteiger partial charge in [0.2, 0.25) is 0 Å². The van der Waals surface area contributed by atoms with Gasteiger partial charge in [0.15, 0.2) is 0 Å². The van der Waals surface area contributed by atoms with Crippen LogP contribution in [0.1, 0.15) is 11.4 Å². The molecule has 96 valence electrons. The van der Waals surface area contributed by atoms with E-state index in [0.29, 0.717) is 24.6 Å². The maximum Gasteiger partial charge on any atom is 0.417 e. The molecule has 0 amide bonds. The summed E-state index contributed by atoms with van der Waals surface area (Å²) in [6.45, 7) is 0.507. The highest BCUT2D eigenvalue weighted by Gasteiger charge is 2.30. The number of nitrogens with one attached hydrogen (secondary N) is 2. The van der Waals surface area contributed by atoms with Crippen molar-refractivity contribution >= 4 is 5.82 Å². The van der Waals surface area contributed by atoms with Crippen molar-refractivity contribution < 1.29 is 13.2 Å². The van der Waals surface area contributed by atoms with Crippen molar-refractivity contribution in [2.75, 3.05) is 11.9 Å². The third kappa shape index (κ3) is 3.19. The summed E-state index contributed by atoms with van der Waals surface area (Å²) in [4.78, 5) is 7.60. The lowest BCUT2D eigenvalue weighted by Crippen LogP contribution is -2.09. The third-order valence-electron chi connectivity index (χ3n) is 2.22. The van der Waals surface area contributed by atoms with E-state index >= 15 is 0 Å². The summed E-state index contributed by atoms with van der Waals surface area (Å²) in [7, 11) is 0. The fraction of sp³-hybridized carbons (Fsp3) is 0.300. The van der Waals surface area contributed by atoms with Crippen LogP contribution in [0.2, 0.25) is 0 Å². The van der Waals surface area contributed by atoms with Gasteiger partial charge < -0.3 is 5.32 Å². The molecule has 2 heterocycles. The van der Waals surface area contributed by atoms with Crippen LogP contribution >= 0.6 is 0 Å². The van der Waals surface area contributed by atoms with Crippen LogP contribution in [0.25, 0.3) is 0 Å². The Morgan fingerprint density at radius 2 is 2.06 bits per heavy atom. The van der Waals surface area contributed by atoms with Gasteiger partial charge in [0, 0.05) is 19.2 Å². The van der Waals surface area contributed by atoms with E-state index in [2.05, 4.69) is 25.5 Å². The van der Waals surface area contributed by atoms with Crippen molar-refractivity contribution in [3.63, 3.8) is 0 Å². The Morgan fingerprint density at radius 1 is 1.22 bits per heavy atom. The van der Waals surface area contributed by atoms with E-state index < -0.39 is 11.7 Å². The lowest BCUT2D eigenvalue weighted by Gasteiger charge is -2.07. The van der Waals surface area contributed by atoms with Gasteiger partial charge in [0.05, 0.1) is 5.56 Å². The predicted octanol–water partition coefficient (Wildman–Crippen LogP) is 1.87. The van der Waals surface area contributed by atoms with Gasteiger partial charge in [-0.1, -0.05) is 0 Å². The topological polar surface area (TPSA) is 66.5 Å². The van der Waals surface area contributed by atoms with Crippen molar-refractivity contribution in [1.82, 2.24) is 20.2 Å². The lowest BCUT2D eigenvalue weighted by atomic mass is 10.3. The minimum atomic E-state index is -4.36. The van der Waals surface area contributed by atoms with Gasteiger partial charge in [-0.25, -0.2) is 9.97 Å². The van der Waals surface area contributed by atoms with Gasteiger partial charge in [-0.2, -0.15) is 18.3 Å². The average molecular weight is 257 g/mol. The Balaban J connectivity index is 1.87. The van der Waals surface area contributed by atoms with Crippen LogP contribution in [-0.4, -0.2) is 26.7 Å². The Labute approximate surface area is 100 Å². The molecule has 0 saturated heterocycles. The number of alkyl halides is 3. The van der Waals surface area contributed by atoms with E-state index in [1.165, 1.54) is 12.4 Å². The van der Waals surface area contributed by atoms with Crippen LogP contribution in [0.4, 0.5) is 19.0 Å². The average Bonchev–Trinajstić information content (AvgIpc) is 2.82. The van der Waals surface area contributed by atoms with Crippen molar-refractivity contribution in [2.24, 2.45) is 0 Å². The minimum Gasteiger partial charge on any atom is -0.370 e. The highest BCUT2D eigenvalue weighted by molar-refractivity contribution is 5.36. The molecule has 0 atom stereocenters. The first-order valence-corrected chi connectivity index (χ1v) is 5.17. The van der Waals surface area contributed by atoms with Crippen LogP contribution in [0.5, 0.6) is 0 Å². The molecule has 18 heavy (non-hydrogen) atoms. The second-order valence-electron chi connectivity index (χ2n) is 3.54. The summed E-state index contributed by atoms with van der Waals surface area (Å²) in [5.74, 6) is 1.09. The van der Waals surface area contributed by atoms with Crippen molar-refractivity contribution in [3.8, 4) is 0 Å². The summed E-state index contributed by atoms with van der Waals surface area (Å²) in [6.07, 6.45) is -1.57. The Bertz CT molecular complexity index is 477. The standard InChI is InChI=1S/C10H10F3N5/c11-10(12,13)7-1-2-8(15-5-7)14-4-3-9-16-6-17-18-9/h1-2,5-6H,3-4H2,(H,14,15)(H,16,17,18). The van der Waals surface area contributed by atoms with Gasteiger partial charge in [0.1, 0.15) is 18.0 Å². The van der Waals surface area contributed by atoms with Crippen molar-refractivity contribution in [3.05, 3.63) is 36.0 Å². The first-order valence-electron chi connectivity index (χ1n) is 5.17. The molecule has 0 aromatic carbocycles. The van der Waals surface area contributed by atoms with Gasteiger partial charge >= 0.3 is 6.18 Å². The van der Waals surface area contributed by atoms with Gasteiger partial charge in [-0.15, -0.1) is 0 Å². The van der Waals surface area contributed by atoms with Crippen LogP contribution in [0, 0.1) is 0 Å². The highest BCUT2D eigenvalue weighted by atomic mass is 19.4. The normalized spacial score (nSPS) is 11.5. The molecule has 8 heteroatoms. The second-order valence-corrected chi connectivity index (χ2v) is 3.54. The molecule has 2 rings (SSSR count). The SMILES string of the molecule is FC(F)(F)c1ccc(NCCc2ncn[nH]2)nc1. The highest BCUT2D eigenvalue weighted by Crippen LogP contribution is 2.28. The molecule has 2 aromatic rings. The molecule has 0 unspecified atom stereocenters. The number of aromatic amines is 1. The number of H-pyrrole nitrogens is 1. The van der Waals surface area contributed by atoms with Crippen LogP contribution < -0.4 is 5.32 Å². The summed E-state index contributed by atoms with van der Waals surface area (Å²) < 4.78 is 36.8. The molecule has 5 nitrogen and oxygen atoms in total. The third-order valence-corrected chi connectivity index (χ3v) is 2.22. The van der Waals surface area contributed by atoms with E-state index in [9.17, 15) is 13.2 Å². The molecular formula is C10H10F3N5. The van der Waals surface area contributed by atoms with Gasteiger partial charge in [0.25, 0.3) is 0 Å². The van der Waals surface area contributed by atoms with Gasteiger partial charge in [-0.3, -0.25) is 5.10 Å². The van der Waals surface area contributed by atoms with Crippen molar-refractivity contribution in [2.45, 2.75) is 12.6 Å². The lowest BCUT2D eigenvalue weighted by molar-refractivity contribution is -0.137. The molecule has 2 N–H and O–H groups in total.